The third-order valence-corrected chi connectivity index (χ3v) is 2.42. The van der Waals surface area contributed by atoms with E-state index in [0.29, 0.717) is 36.8 Å². The molecule has 1 aromatic carbocycles. The van der Waals surface area contributed by atoms with Crippen LogP contribution in [-0.4, -0.2) is 25.7 Å². The van der Waals surface area contributed by atoms with E-state index in [1.54, 1.807) is 24.3 Å². The predicted octanol–water partition coefficient (Wildman–Crippen LogP) is 1.76. The summed E-state index contributed by atoms with van der Waals surface area (Å²) in [6, 6.07) is 5.20. The lowest BCUT2D eigenvalue weighted by Gasteiger charge is -2.09. The number of fused-ring (bicyclic) bond motifs is 1. The number of rotatable bonds is 3. The first-order valence-corrected chi connectivity index (χ1v) is 5.60. The molecule has 1 aliphatic heterocycles. The van der Waals surface area contributed by atoms with Crippen molar-refractivity contribution >= 4 is 5.91 Å². The van der Waals surface area contributed by atoms with Crippen LogP contribution in [0.2, 0.25) is 0 Å². The van der Waals surface area contributed by atoms with Crippen LogP contribution in [0.5, 0.6) is 11.5 Å². The van der Waals surface area contributed by atoms with Crippen molar-refractivity contribution in [3.05, 3.63) is 36.4 Å². The highest BCUT2D eigenvalue weighted by Crippen LogP contribution is 2.30. The van der Waals surface area contributed by atoms with Gasteiger partial charge in [-0.15, -0.1) is 6.58 Å². The van der Waals surface area contributed by atoms with Crippen LogP contribution in [-0.2, 0) is 0 Å². The lowest BCUT2D eigenvalue weighted by Crippen LogP contribution is -2.23. The molecule has 4 nitrogen and oxygen atoms in total. The fraction of sp³-hybridized carbons (Fsp3) is 0.308. The molecule has 0 unspecified atom stereocenters. The Kier molecular flexibility index (Phi) is 3.65. The topological polar surface area (TPSA) is 47.6 Å². The van der Waals surface area contributed by atoms with Crippen molar-refractivity contribution in [1.82, 2.24) is 5.32 Å². The van der Waals surface area contributed by atoms with E-state index in [0.717, 1.165) is 6.42 Å². The number of amides is 1. The number of carbonyl (C=O) groups excluding carboxylic acids is 1. The lowest BCUT2D eigenvalue weighted by atomic mass is 10.2. The van der Waals surface area contributed by atoms with Gasteiger partial charge in [0.2, 0.25) is 0 Å². The molecule has 17 heavy (non-hydrogen) atoms. The monoisotopic (exact) mass is 233 g/mol. The van der Waals surface area contributed by atoms with E-state index < -0.39 is 0 Å². The lowest BCUT2D eigenvalue weighted by molar-refractivity contribution is 0.0957. The van der Waals surface area contributed by atoms with Crippen LogP contribution in [0, 0.1) is 0 Å². The third-order valence-electron chi connectivity index (χ3n) is 2.42. The van der Waals surface area contributed by atoms with Gasteiger partial charge in [0.25, 0.3) is 5.91 Å². The van der Waals surface area contributed by atoms with Gasteiger partial charge in [0.05, 0.1) is 13.2 Å². The van der Waals surface area contributed by atoms with E-state index >= 15 is 0 Å². The molecule has 0 atom stereocenters. The van der Waals surface area contributed by atoms with Gasteiger partial charge < -0.3 is 14.8 Å². The van der Waals surface area contributed by atoms with Crippen molar-refractivity contribution in [2.45, 2.75) is 6.42 Å². The maximum absolute atomic E-state index is 11.7. The predicted molar refractivity (Wildman–Crippen MR) is 64.6 cm³/mol. The van der Waals surface area contributed by atoms with E-state index in [2.05, 4.69) is 11.9 Å². The molecular formula is C13H15NO3. The van der Waals surface area contributed by atoms with Crippen molar-refractivity contribution in [3.8, 4) is 11.5 Å². The van der Waals surface area contributed by atoms with Crippen LogP contribution in [0.15, 0.2) is 30.9 Å². The first-order chi connectivity index (χ1) is 8.31. The summed E-state index contributed by atoms with van der Waals surface area (Å²) in [5.41, 5.74) is 0.566. The first-order valence-electron chi connectivity index (χ1n) is 5.60. The molecule has 0 saturated carbocycles. The fourth-order valence-corrected chi connectivity index (χ4v) is 1.57. The molecule has 0 radical (unpaired) electrons. The molecule has 0 spiro atoms. The van der Waals surface area contributed by atoms with Crippen molar-refractivity contribution in [3.63, 3.8) is 0 Å². The van der Waals surface area contributed by atoms with Gasteiger partial charge in [0.15, 0.2) is 11.5 Å². The SMILES string of the molecule is C=CCNC(=O)c1ccc2c(c1)OCCCO2. The molecule has 1 aliphatic rings. The number of hydrogen-bond acceptors (Lipinski definition) is 3. The fourth-order valence-electron chi connectivity index (χ4n) is 1.57. The highest BCUT2D eigenvalue weighted by Gasteiger charge is 2.13. The minimum Gasteiger partial charge on any atom is -0.490 e. The number of carbonyl (C=O) groups is 1. The molecule has 4 heteroatoms. The maximum Gasteiger partial charge on any atom is 0.251 e. The Labute approximate surface area is 100 Å². The van der Waals surface area contributed by atoms with Gasteiger partial charge in [-0.1, -0.05) is 6.08 Å². The molecule has 0 aromatic heterocycles. The van der Waals surface area contributed by atoms with Gasteiger partial charge in [-0.25, -0.2) is 0 Å². The summed E-state index contributed by atoms with van der Waals surface area (Å²) in [4.78, 5) is 11.7. The second-order valence-electron chi connectivity index (χ2n) is 3.71. The largest absolute Gasteiger partial charge is 0.490 e. The van der Waals surface area contributed by atoms with Crippen molar-refractivity contribution in [2.24, 2.45) is 0 Å². The number of ether oxygens (including phenoxy) is 2. The molecule has 0 aliphatic carbocycles. The Balaban J connectivity index is 2.17. The minimum absolute atomic E-state index is 0.138. The second-order valence-corrected chi connectivity index (χ2v) is 3.71. The number of benzene rings is 1. The zero-order valence-electron chi connectivity index (χ0n) is 9.57. The molecule has 1 amide bonds. The smallest absolute Gasteiger partial charge is 0.251 e. The normalized spacial score (nSPS) is 13.6. The zero-order chi connectivity index (χ0) is 12.1. The second kappa shape index (κ2) is 5.39. The van der Waals surface area contributed by atoms with Gasteiger partial charge in [-0.05, 0) is 18.2 Å². The molecular weight excluding hydrogens is 218 g/mol. The highest BCUT2D eigenvalue weighted by molar-refractivity contribution is 5.94. The Morgan fingerprint density at radius 2 is 2.12 bits per heavy atom. The van der Waals surface area contributed by atoms with Crippen molar-refractivity contribution in [1.29, 1.82) is 0 Å². The van der Waals surface area contributed by atoms with Gasteiger partial charge in [-0.3, -0.25) is 4.79 Å². The molecule has 1 aromatic rings. The highest BCUT2D eigenvalue weighted by atomic mass is 16.5. The Bertz CT molecular complexity index is 429. The van der Waals surface area contributed by atoms with Crippen LogP contribution in [0.3, 0.4) is 0 Å². The number of nitrogens with one attached hydrogen (secondary N) is 1. The molecule has 0 saturated heterocycles. The maximum atomic E-state index is 11.7. The average molecular weight is 233 g/mol. The standard InChI is InChI=1S/C13H15NO3/c1-2-6-14-13(15)10-4-5-11-12(9-10)17-8-3-7-16-11/h2,4-5,9H,1,3,6-8H2,(H,14,15). The minimum atomic E-state index is -0.138. The summed E-state index contributed by atoms with van der Waals surface area (Å²) in [6.45, 7) is 5.26. The summed E-state index contributed by atoms with van der Waals surface area (Å²) < 4.78 is 11.0. The average Bonchev–Trinajstić information content (AvgIpc) is 2.60. The summed E-state index contributed by atoms with van der Waals surface area (Å²) in [5, 5.41) is 2.72. The number of hydrogen-bond donors (Lipinski definition) is 1. The first kappa shape index (κ1) is 11.5. The van der Waals surface area contributed by atoms with Gasteiger partial charge in [-0.2, -0.15) is 0 Å². The Hall–Kier alpha value is -1.97. The summed E-state index contributed by atoms with van der Waals surface area (Å²) in [6.07, 6.45) is 2.49. The quantitative estimate of drug-likeness (QED) is 0.809. The van der Waals surface area contributed by atoms with Crippen LogP contribution >= 0.6 is 0 Å². The van der Waals surface area contributed by atoms with Gasteiger partial charge >= 0.3 is 0 Å². The Morgan fingerprint density at radius 3 is 2.88 bits per heavy atom. The molecule has 0 bridgehead atoms. The molecule has 2 rings (SSSR count). The van der Waals surface area contributed by atoms with Crippen molar-refractivity contribution < 1.29 is 14.3 Å². The molecule has 1 heterocycles. The molecule has 1 N–H and O–H groups in total. The summed E-state index contributed by atoms with van der Waals surface area (Å²) in [7, 11) is 0. The van der Waals surface area contributed by atoms with Crippen LogP contribution in [0.25, 0.3) is 0 Å². The van der Waals surface area contributed by atoms with Crippen LogP contribution < -0.4 is 14.8 Å². The van der Waals surface area contributed by atoms with E-state index in [1.807, 2.05) is 0 Å². The zero-order valence-corrected chi connectivity index (χ0v) is 9.57. The van der Waals surface area contributed by atoms with E-state index in [-0.39, 0.29) is 5.91 Å². The van der Waals surface area contributed by atoms with Gasteiger partial charge in [0.1, 0.15) is 0 Å². The van der Waals surface area contributed by atoms with E-state index in [1.165, 1.54) is 0 Å². The molecule has 90 valence electrons. The van der Waals surface area contributed by atoms with Gasteiger partial charge in [0, 0.05) is 18.5 Å². The molecule has 0 fully saturated rings. The van der Waals surface area contributed by atoms with Crippen molar-refractivity contribution in [2.75, 3.05) is 19.8 Å². The Morgan fingerprint density at radius 1 is 1.35 bits per heavy atom. The van der Waals surface area contributed by atoms with Crippen LogP contribution in [0.1, 0.15) is 16.8 Å². The van der Waals surface area contributed by atoms with Crippen LogP contribution in [0.4, 0.5) is 0 Å². The summed E-state index contributed by atoms with van der Waals surface area (Å²) in [5.74, 6) is 1.19. The summed E-state index contributed by atoms with van der Waals surface area (Å²) >= 11 is 0. The van der Waals surface area contributed by atoms with E-state index in [9.17, 15) is 4.79 Å². The third kappa shape index (κ3) is 2.78. The van der Waals surface area contributed by atoms with E-state index in [4.69, 9.17) is 9.47 Å².